The van der Waals surface area contributed by atoms with Crippen LogP contribution in [0.15, 0.2) is 48.2 Å². The SMILES string of the molecule is CCc1nnc(NC(=O)/C(C#N)=C\c2cccn2-c2ccc([N+](=O)[O-])cc2)s1. The quantitative estimate of drug-likeness (QED) is 0.296. The number of nitrogens with zero attached hydrogens (tertiary/aromatic N) is 5. The Hall–Kier alpha value is -3.84. The monoisotopic (exact) mass is 394 g/mol. The van der Waals surface area contributed by atoms with Crippen molar-refractivity contribution in [2.45, 2.75) is 13.3 Å². The van der Waals surface area contributed by atoms with Crippen molar-refractivity contribution in [2.24, 2.45) is 0 Å². The number of carbonyl (C=O) groups is 1. The van der Waals surface area contributed by atoms with E-state index in [4.69, 9.17) is 0 Å². The van der Waals surface area contributed by atoms with E-state index in [2.05, 4.69) is 15.5 Å². The van der Waals surface area contributed by atoms with Gasteiger partial charge in [0.25, 0.3) is 11.6 Å². The van der Waals surface area contributed by atoms with Crippen LogP contribution in [0, 0.1) is 21.4 Å². The van der Waals surface area contributed by atoms with Gasteiger partial charge in [-0.1, -0.05) is 18.3 Å². The number of aromatic nitrogens is 3. The summed E-state index contributed by atoms with van der Waals surface area (Å²) in [5.74, 6) is -0.585. The molecule has 0 fully saturated rings. The minimum Gasteiger partial charge on any atom is -0.317 e. The first kappa shape index (κ1) is 18.9. The number of benzene rings is 1. The molecule has 3 aromatic rings. The summed E-state index contributed by atoms with van der Waals surface area (Å²) >= 11 is 1.25. The predicted molar refractivity (Wildman–Crippen MR) is 104 cm³/mol. The maximum atomic E-state index is 12.4. The summed E-state index contributed by atoms with van der Waals surface area (Å²) in [6.45, 7) is 1.93. The minimum absolute atomic E-state index is 0.0198. The highest BCUT2D eigenvalue weighted by molar-refractivity contribution is 7.15. The Kier molecular flexibility index (Phi) is 5.57. The number of rotatable bonds is 6. The van der Waals surface area contributed by atoms with Gasteiger partial charge in [-0.3, -0.25) is 20.2 Å². The highest BCUT2D eigenvalue weighted by Gasteiger charge is 2.14. The topological polar surface area (TPSA) is 127 Å². The number of carbonyl (C=O) groups excluding carboxylic acids is 1. The molecule has 0 aliphatic heterocycles. The fraction of sp³-hybridized carbons (Fsp3) is 0.111. The van der Waals surface area contributed by atoms with Gasteiger partial charge in [0.05, 0.1) is 4.92 Å². The molecule has 9 nitrogen and oxygen atoms in total. The number of hydrogen-bond donors (Lipinski definition) is 1. The minimum atomic E-state index is -0.585. The summed E-state index contributed by atoms with van der Waals surface area (Å²) < 4.78 is 1.72. The third kappa shape index (κ3) is 4.11. The van der Waals surface area contributed by atoms with Crippen molar-refractivity contribution in [3.05, 3.63) is 69.0 Å². The van der Waals surface area contributed by atoms with E-state index in [0.29, 0.717) is 22.9 Å². The maximum absolute atomic E-state index is 12.4. The highest BCUT2D eigenvalue weighted by Crippen LogP contribution is 2.20. The maximum Gasteiger partial charge on any atom is 0.269 e. The van der Waals surface area contributed by atoms with Crippen molar-refractivity contribution in [3.63, 3.8) is 0 Å². The van der Waals surface area contributed by atoms with E-state index in [1.807, 2.05) is 13.0 Å². The van der Waals surface area contributed by atoms with Gasteiger partial charge in [0.2, 0.25) is 5.13 Å². The Morgan fingerprint density at radius 2 is 2.11 bits per heavy atom. The number of non-ortho nitro benzene ring substituents is 1. The van der Waals surface area contributed by atoms with Crippen molar-refractivity contribution >= 4 is 34.1 Å². The predicted octanol–water partition coefficient (Wildman–Crippen LogP) is 3.35. The summed E-state index contributed by atoms with van der Waals surface area (Å²) in [6.07, 6.45) is 3.88. The van der Waals surface area contributed by atoms with Crippen LogP contribution in [-0.4, -0.2) is 25.6 Å². The molecule has 0 bridgehead atoms. The summed E-state index contributed by atoms with van der Waals surface area (Å²) in [5.41, 5.74) is 1.12. The van der Waals surface area contributed by atoms with E-state index in [0.717, 1.165) is 5.01 Å². The van der Waals surface area contributed by atoms with E-state index in [9.17, 15) is 20.2 Å². The molecule has 0 radical (unpaired) electrons. The lowest BCUT2D eigenvalue weighted by Crippen LogP contribution is -2.13. The summed E-state index contributed by atoms with van der Waals surface area (Å²) in [4.78, 5) is 22.7. The Bertz CT molecular complexity index is 1090. The van der Waals surface area contributed by atoms with Crippen LogP contribution < -0.4 is 5.32 Å². The Balaban J connectivity index is 1.85. The van der Waals surface area contributed by atoms with E-state index >= 15 is 0 Å². The number of amides is 1. The zero-order valence-electron chi connectivity index (χ0n) is 14.7. The van der Waals surface area contributed by atoms with Gasteiger partial charge < -0.3 is 4.57 Å². The lowest BCUT2D eigenvalue weighted by atomic mass is 10.2. The molecule has 1 amide bonds. The van der Waals surface area contributed by atoms with Gasteiger partial charge >= 0.3 is 0 Å². The van der Waals surface area contributed by atoms with Crippen molar-refractivity contribution in [1.29, 1.82) is 5.26 Å². The molecule has 28 heavy (non-hydrogen) atoms. The molecule has 140 valence electrons. The molecular weight excluding hydrogens is 380 g/mol. The van der Waals surface area contributed by atoms with Crippen molar-refractivity contribution < 1.29 is 9.72 Å². The zero-order chi connectivity index (χ0) is 20.1. The third-order valence-electron chi connectivity index (χ3n) is 3.77. The summed E-state index contributed by atoms with van der Waals surface area (Å²) in [6, 6.07) is 11.3. The molecule has 2 aromatic heterocycles. The van der Waals surface area contributed by atoms with Gasteiger partial charge in [0.1, 0.15) is 16.6 Å². The number of anilines is 1. The van der Waals surface area contributed by atoms with Gasteiger partial charge in [-0.15, -0.1) is 10.2 Å². The molecule has 2 heterocycles. The molecule has 10 heteroatoms. The van der Waals surface area contributed by atoms with Crippen LogP contribution in [0.25, 0.3) is 11.8 Å². The molecule has 0 saturated carbocycles. The average Bonchev–Trinajstić information content (AvgIpc) is 3.35. The van der Waals surface area contributed by atoms with Gasteiger partial charge in [-0.25, -0.2) is 0 Å². The standard InChI is InChI=1S/C18H14N6O3S/c1-2-16-21-22-18(28-16)20-17(25)12(11-19)10-15-4-3-9-23(15)13-5-7-14(8-6-13)24(26)27/h3-10H,2H2,1H3,(H,20,22,25)/b12-10-. The second-order valence-electron chi connectivity index (χ2n) is 5.56. The van der Waals surface area contributed by atoms with Gasteiger partial charge in [-0.05, 0) is 36.8 Å². The van der Waals surface area contributed by atoms with E-state index in [1.165, 1.54) is 29.5 Å². The van der Waals surface area contributed by atoms with Crippen molar-refractivity contribution in [2.75, 3.05) is 5.32 Å². The molecular formula is C18H14N6O3S. The number of aryl methyl sites for hydroxylation is 1. The van der Waals surface area contributed by atoms with Crippen LogP contribution in [0.5, 0.6) is 0 Å². The molecule has 1 N–H and O–H groups in total. The molecule has 0 saturated heterocycles. The van der Waals surface area contributed by atoms with Gasteiger partial charge in [-0.2, -0.15) is 5.26 Å². The molecule has 0 atom stereocenters. The van der Waals surface area contributed by atoms with Crippen LogP contribution in [0.4, 0.5) is 10.8 Å². The first-order valence-electron chi connectivity index (χ1n) is 8.19. The smallest absolute Gasteiger partial charge is 0.269 e. The number of hydrogen-bond acceptors (Lipinski definition) is 7. The zero-order valence-corrected chi connectivity index (χ0v) is 15.5. The number of nitro benzene ring substituents is 1. The molecule has 0 spiro atoms. The second-order valence-corrected chi connectivity index (χ2v) is 6.62. The van der Waals surface area contributed by atoms with E-state index in [1.54, 1.807) is 35.0 Å². The first-order chi connectivity index (χ1) is 13.5. The van der Waals surface area contributed by atoms with Crippen LogP contribution in [0.1, 0.15) is 17.6 Å². The Labute approximate surface area is 163 Å². The van der Waals surface area contributed by atoms with Crippen molar-refractivity contribution in [1.82, 2.24) is 14.8 Å². The first-order valence-corrected chi connectivity index (χ1v) is 9.01. The molecule has 1 aromatic carbocycles. The fourth-order valence-corrected chi connectivity index (χ4v) is 3.06. The van der Waals surface area contributed by atoms with Crippen LogP contribution in [0.2, 0.25) is 0 Å². The normalized spacial score (nSPS) is 11.1. The molecule has 0 aliphatic rings. The lowest BCUT2D eigenvalue weighted by Gasteiger charge is -2.07. The largest absolute Gasteiger partial charge is 0.317 e. The second kappa shape index (κ2) is 8.24. The third-order valence-corrected chi connectivity index (χ3v) is 4.75. The van der Waals surface area contributed by atoms with E-state index < -0.39 is 10.8 Å². The van der Waals surface area contributed by atoms with E-state index in [-0.39, 0.29) is 11.3 Å². The summed E-state index contributed by atoms with van der Waals surface area (Å²) in [7, 11) is 0. The highest BCUT2D eigenvalue weighted by atomic mass is 32.1. The fourth-order valence-electron chi connectivity index (χ4n) is 2.39. The lowest BCUT2D eigenvalue weighted by molar-refractivity contribution is -0.384. The van der Waals surface area contributed by atoms with Crippen LogP contribution >= 0.6 is 11.3 Å². The Morgan fingerprint density at radius 1 is 1.36 bits per heavy atom. The molecule has 0 aliphatic carbocycles. The average molecular weight is 394 g/mol. The molecule has 3 rings (SSSR count). The van der Waals surface area contributed by atoms with Crippen molar-refractivity contribution in [3.8, 4) is 11.8 Å². The Morgan fingerprint density at radius 3 is 2.71 bits per heavy atom. The van der Waals surface area contributed by atoms with Gasteiger partial charge in [0, 0.05) is 29.7 Å². The molecule has 0 unspecified atom stereocenters. The number of nitrogens with one attached hydrogen (secondary N) is 1. The van der Waals surface area contributed by atoms with Crippen LogP contribution in [-0.2, 0) is 11.2 Å². The number of nitriles is 1. The summed E-state index contributed by atoms with van der Waals surface area (Å²) in [5, 5.41) is 31.7. The van der Waals surface area contributed by atoms with Crippen LogP contribution in [0.3, 0.4) is 0 Å². The number of nitro groups is 1. The van der Waals surface area contributed by atoms with Gasteiger partial charge in [0.15, 0.2) is 0 Å².